The first-order chi connectivity index (χ1) is 11.6. The molecule has 3 rings (SSSR count). The Labute approximate surface area is 153 Å². The topological polar surface area (TPSA) is 75.4 Å². The predicted molar refractivity (Wildman–Crippen MR) is 103 cm³/mol. The van der Waals surface area contributed by atoms with Crippen molar-refractivity contribution in [2.24, 2.45) is 0 Å². The van der Waals surface area contributed by atoms with Gasteiger partial charge < -0.3 is 16.0 Å². The zero-order chi connectivity index (χ0) is 17.1. The maximum Gasteiger partial charge on any atom is 0.258 e. The molecule has 0 spiro atoms. The van der Waals surface area contributed by atoms with Gasteiger partial charge in [-0.15, -0.1) is 12.4 Å². The minimum absolute atomic E-state index is 0. The Morgan fingerprint density at radius 3 is 2.72 bits per heavy atom. The molecule has 0 aliphatic carbocycles. The van der Waals surface area contributed by atoms with Gasteiger partial charge in [-0.25, -0.2) is 0 Å². The molecule has 6 heteroatoms. The molecule has 2 aromatic rings. The summed E-state index contributed by atoms with van der Waals surface area (Å²) in [5, 5.41) is 2.79. The summed E-state index contributed by atoms with van der Waals surface area (Å²) in [4.78, 5) is 26.3. The van der Waals surface area contributed by atoms with Gasteiger partial charge >= 0.3 is 0 Å². The smallest absolute Gasteiger partial charge is 0.258 e. The monoisotopic (exact) mass is 359 g/mol. The lowest BCUT2D eigenvalue weighted by Crippen LogP contribution is -2.35. The van der Waals surface area contributed by atoms with Gasteiger partial charge in [-0.1, -0.05) is 19.1 Å². The van der Waals surface area contributed by atoms with Crippen LogP contribution in [-0.4, -0.2) is 18.4 Å². The number of nitrogens with zero attached hydrogens (tertiary/aromatic N) is 1. The molecule has 0 unspecified atom stereocenters. The van der Waals surface area contributed by atoms with E-state index in [-0.39, 0.29) is 24.2 Å². The number of nitrogens with two attached hydrogens (primary N) is 1. The quantitative estimate of drug-likeness (QED) is 0.821. The van der Waals surface area contributed by atoms with Crippen molar-refractivity contribution >= 4 is 41.3 Å². The largest absolute Gasteiger partial charge is 0.398 e. The van der Waals surface area contributed by atoms with E-state index in [0.717, 1.165) is 29.8 Å². The summed E-state index contributed by atoms with van der Waals surface area (Å²) in [5.41, 5.74) is 9.89. The Balaban J connectivity index is 0.00000225. The molecule has 0 bridgehead atoms. The highest BCUT2D eigenvalue weighted by Crippen LogP contribution is 2.32. The average molecular weight is 360 g/mol. The van der Waals surface area contributed by atoms with Crippen LogP contribution in [0.15, 0.2) is 42.5 Å². The van der Waals surface area contributed by atoms with Crippen molar-refractivity contribution in [3.05, 3.63) is 53.6 Å². The molecule has 1 aliphatic heterocycles. The highest BCUT2D eigenvalue weighted by molar-refractivity contribution is 6.08. The summed E-state index contributed by atoms with van der Waals surface area (Å²) < 4.78 is 0. The van der Waals surface area contributed by atoms with E-state index < -0.39 is 0 Å². The van der Waals surface area contributed by atoms with E-state index in [4.69, 9.17) is 5.73 Å². The highest BCUT2D eigenvalue weighted by Gasteiger charge is 2.24. The number of amides is 2. The van der Waals surface area contributed by atoms with Crippen molar-refractivity contribution in [1.29, 1.82) is 0 Å². The average Bonchev–Trinajstić information content (AvgIpc) is 2.61. The summed E-state index contributed by atoms with van der Waals surface area (Å²) in [6.07, 6.45) is 2.18. The molecule has 0 radical (unpaired) electrons. The van der Waals surface area contributed by atoms with Crippen molar-refractivity contribution in [3.63, 3.8) is 0 Å². The van der Waals surface area contributed by atoms with Crippen LogP contribution in [0.1, 0.15) is 35.7 Å². The molecule has 25 heavy (non-hydrogen) atoms. The van der Waals surface area contributed by atoms with Gasteiger partial charge in [0.05, 0.1) is 0 Å². The molecule has 0 aromatic heterocycles. The van der Waals surface area contributed by atoms with Crippen LogP contribution in [0, 0.1) is 0 Å². The van der Waals surface area contributed by atoms with Gasteiger partial charge in [-0.05, 0) is 48.7 Å². The minimum Gasteiger partial charge on any atom is -0.398 e. The number of nitrogens with one attached hydrogen (secondary N) is 1. The summed E-state index contributed by atoms with van der Waals surface area (Å²) in [7, 11) is 0. The second-order valence-corrected chi connectivity index (χ2v) is 5.89. The summed E-state index contributed by atoms with van der Waals surface area (Å²) in [6.45, 7) is 2.46. The minimum atomic E-state index is -0.0749. The molecule has 0 fully saturated rings. The van der Waals surface area contributed by atoms with Crippen LogP contribution in [0.25, 0.3) is 0 Å². The first kappa shape index (κ1) is 18.8. The van der Waals surface area contributed by atoms with E-state index in [1.807, 2.05) is 18.2 Å². The van der Waals surface area contributed by atoms with Crippen LogP contribution in [-0.2, 0) is 11.2 Å². The molecule has 3 N–H and O–H groups in total. The Hall–Kier alpha value is -2.53. The van der Waals surface area contributed by atoms with Gasteiger partial charge in [0.1, 0.15) is 0 Å². The SMILES string of the molecule is CCC(=O)Nc1cccc(C(=O)N2CCCc3c(N)cccc32)c1.Cl. The van der Waals surface area contributed by atoms with Crippen LogP contribution < -0.4 is 16.0 Å². The first-order valence-electron chi connectivity index (χ1n) is 8.19. The molecule has 0 saturated carbocycles. The fraction of sp³-hybridized carbons (Fsp3) is 0.263. The number of carbonyl (C=O) groups is 2. The number of rotatable bonds is 3. The van der Waals surface area contributed by atoms with Crippen LogP contribution in [0.5, 0.6) is 0 Å². The van der Waals surface area contributed by atoms with Crippen molar-refractivity contribution in [2.75, 3.05) is 22.5 Å². The van der Waals surface area contributed by atoms with Gasteiger partial charge in [0.25, 0.3) is 5.91 Å². The number of anilines is 3. The predicted octanol–water partition coefficient (Wildman–Crippen LogP) is 3.63. The van der Waals surface area contributed by atoms with Crippen molar-refractivity contribution < 1.29 is 9.59 Å². The molecule has 5 nitrogen and oxygen atoms in total. The van der Waals surface area contributed by atoms with Crippen molar-refractivity contribution in [1.82, 2.24) is 0 Å². The van der Waals surface area contributed by atoms with E-state index in [9.17, 15) is 9.59 Å². The van der Waals surface area contributed by atoms with Crippen molar-refractivity contribution in [2.45, 2.75) is 26.2 Å². The molecule has 2 amide bonds. The Morgan fingerprint density at radius 2 is 1.96 bits per heavy atom. The molecular formula is C19H22ClN3O2. The fourth-order valence-electron chi connectivity index (χ4n) is 3.00. The van der Waals surface area contributed by atoms with Crippen LogP contribution in [0.3, 0.4) is 0 Å². The summed E-state index contributed by atoms with van der Waals surface area (Å²) in [5.74, 6) is -0.148. The standard InChI is InChI=1S/C19H21N3O2.ClH/c1-2-18(23)21-14-7-3-6-13(12-14)19(24)22-11-5-8-15-16(20)9-4-10-17(15)22;/h3-4,6-7,9-10,12H,2,5,8,11,20H2,1H3,(H,21,23);1H. The molecule has 0 atom stereocenters. The van der Waals surface area contributed by atoms with E-state index in [2.05, 4.69) is 5.32 Å². The maximum absolute atomic E-state index is 13.0. The highest BCUT2D eigenvalue weighted by atomic mass is 35.5. The van der Waals surface area contributed by atoms with E-state index >= 15 is 0 Å². The molecule has 0 saturated heterocycles. The number of hydrogen-bond donors (Lipinski definition) is 2. The van der Waals surface area contributed by atoms with Gasteiger partial charge in [0, 0.05) is 35.6 Å². The number of fused-ring (bicyclic) bond motifs is 1. The molecule has 1 aliphatic rings. The molecule has 2 aromatic carbocycles. The van der Waals surface area contributed by atoms with Crippen LogP contribution >= 0.6 is 12.4 Å². The third kappa shape index (κ3) is 3.94. The lowest BCUT2D eigenvalue weighted by atomic mass is 9.99. The van der Waals surface area contributed by atoms with Gasteiger partial charge in [0.2, 0.25) is 5.91 Å². The summed E-state index contributed by atoms with van der Waals surface area (Å²) >= 11 is 0. The van der Waals surface area contributed by atoms with E-state index in [1.165, 1.54) is 0 Å². The van der Waals surface area contributed by atoms with Gasteiger partial charge in [-0.3, -0.25) is 9.59 Å². The second-order valence-electron chi connectivity index (χ2n) is 5.89. The number of nitrogen functional groups attached to an aromatic ring is 1. The zero-order valence-corrected chi connectivity index (χ0v) is 14.9. The number of halogens is 1. The van der Waals surface area contributed by atoms with E-state index in [1.54, 1.807) is 36.1 Å². The van der Waals surface area contributed by atoms with Crippen LogP contribution in [0.4, 0.5) is 17.1 Å². The van der Waals surface area contributed by atoms with Crippen LogP contribution in [0.2, 0.25) is 0 Å². The second kappa shape index (κ2) is 8.03. The normalized spacial score (nSPS) is 12.8. The number of hydrogen-bond acceptors (Lipinski definition) is 3. The molecule has 1 heterocycles. The Morgan fingerprint density at radius 1 is 1.20 bits per heavy atom. The molecular weight excluding hydrogens is 338 g/mol. The lowest BCUT2D eigenvalue weighted by molar-refractivity contribution is -0.115. The summed E-state index contributed by atoms with van der Waals surface area (Å²) in [6, 6.07) is 12.7. The Bertz CT molecular complexity index is 792. The zero-order valence-electron chi connectivity index (χ0n) is 14.1. The third-order valence-electron chi connectivity index (χ3n) is 4.25. The third-order valence-corrected chi connectivity index (χ3v) is 4.25. The maximum atomic E-state index is 13.0. The van der Waals surface area contributed by atoms with Gasteiger partial charge in [0.15, 0.2) is 0 Å². The fourth-order valence-corrected chi connectivity index (χ4v) is 3.00. The number of carbonyl (C=O) groups excluding carboxylic acids is 2. The molecule has 132 valence electrons. The number of benzene rings is 2. The Kier molecular flexibility index (Phi) is 6.04. The lowest BCUT2D eigenvalue weighted by Gasteiger charge is -2.30. The van der Waals surface area contributed by atoms with E-state index in [0.29, 0.717) is 24.2 Å². The van der Waals surface area contributed by atoms with Crippen molar-refractivity contribution in [3.8, 4) is 0 Å². The first-order valence-corrected chi connectivity index (χ1v) is 8.19. The van der Waals surface area contributed by atoms with Gasteiger partial charge in [-0.2, -0.15) is 0 Å².